The average Bonchev–Trinajstić information content (AvgIpc) is 3.04. The Balaban J connectivity index is 1.77. The Bertz CT molecular complexity index is 673. The zero-order valence-corrected chi connectivity index (χ0v) is 12.4. The number of benzene rings is 1. The smallest absolute Gasteiger partial charge is 0.276 e. The summed E-state index contributed by atoms with van der Waals surface area (Å²) in [6.45, 7) is 3.68. The molecule has 2 heterocycles. The number of hydrogen-bond donors (Lipinski definition) is 0. The van der Waals surface area contributed by atoms with Crippen molar-refractivity contribution in [2.24, 2.45) is 0 Å². The number of hydrogen-bond acceptors (Lipinski definition) is 4. The highest BCUT2D eigenvalue weighted by atomic mass is 16.3. The summed E-state index contributed by atoms with van der Waals surface area (Å²) in [6.07, 6.45) is 1.29. The quantitative estimate of drug-likeness (QED) is 0.845. The summed E-state index contributed by atoms with van der Waals surface area (Å²) in [7, 11) is 0. The Labute approximate surface area is 128 Å². The van der Waals surface area contributed by atoms with Crippen LogP contribution in [-0.4, -0.2) is 52.8 Å². The predicted molar refractivity (Wildman–Crippen MR) is 80.1 cm³/mol. The number of aromatic nitrogens is 1. The Morgan fingerprint density at radius 2 is 1.68 bits per heavy atom. The first-order chi connectivity index (χ1) is 10.7. The molecule has 1 aliphatic rings. The van der Waals surface area contributed by atoms with Gasteiger partial charge in [-0.25, -0.2) is 4.98 Å². The summed E-state index contributed by atoms with van der Waals surface area (Å²) in [5, 5.41) is 0. The Morgan fingerprint density at radius 1 is 1.05 bits per heavy atom. The molecule has 0 atom stereocenters. The number of piperazine rings is 1. The molecule has 1 aliphatic heterocycles. The number of carbonyl (C=O) groups excluding carboxylic acids is 2. The normalized spacial score (nSPS) is 15.0. The summed E-state index contributed by atoms with van der Waals surface area (Å²) in [6, 6.07) is 9.44. The fourth-order valence-electron chi connectivity index (χ4n) is 2.57. The van der Waals surface area contributed by atoms with Gasteiger partial charge in [-0.3, -0.25) is 9.59 Å². The van der Waals surface area contributed by atoms with Gasteiger partial charge in [-0.05, 0) is 0 Å². The van der Waals surface area contributed by atoms with Crippen LogP contribution in [0.3, 0.4) is 0 Å². The second-order valence-corrected chi connectivity index (χ2v) is 5.19. The largest absolute Gasteiger partial charge is 0.443 e. The van der Waals surface area contributed by atoms with Crippen LogP contribution in [0.5, 0.6) is 0 Å². The molecule has 1 saturated heterocycles. The first-order valence-corrected chi connectivity index (χ1v) is 7.20. The van der Waals surface area contributed by atoms with E-state index in [1.165, 1.54) is 6.39 Å². The van der Waals surface area contributed by atoms with Crippen molar-refractivity contribution in [3.63, 3.8) is 0 Å². The predicted octanol–water partition coefficient (Wildman–Crippen LogP) is 1.65. The molecule has 0 radical (unpaired) electrons. The lowest BCUT2D eigenvalue weighted by molar-refractivity contribution is -0.130. The van der Waals surface area contributed by atoms with Crippen LogP contribution >= 0.6 is 0 Å². The van der Waals surface area contributed by atoms with Crippen LogP contribution in [0.2, 0.25) is 0 Å². The molecule has 0 N–H and O–H groups in total. The molecule has 114 valence electrons. The number of amides is 2. The second kappa shape index (κ2) is 6.01. The second-order valence-electron chi connectivity index (χ2n) is 5.19. The van der Waals surface area contributed by atoms with E-state index in [0.717, 1.165) is 5.56 Å². The highest BCUT2D eigenvalue weighted by molar-refractivity contribution is 5.97. The third kappa shape index (κ3) is 2.72. The van der Waals surface area contributed by atoms with E-state index in [1.807, 2.05) is 30.3 Å². The minimum Gasteiger partial charge on any atom is -0.443 e. The van der Waals surface area contributed by atoms with Crippen LogP contribution in [0.25, 0.3) is 11.3 Å². The third-order valence-electron chi connectivity index (χ3n) is 3.82. The number of rotatable bonds is 2. The monoisotopic (exact) mass is 299 g/mol. The maximum Gasteiger partial charge on any atom is 0.276 e. The van der Waals surface area contributed by atoms with Gasteiger partial charge in [0.1, 0.15) is 0 Å². The van der Waals surface area contributed by atoms with Crippen molar-refractivity contribution in [1.82, 2.24) is 14.8 Å². The molecule has 0 aliphatic carbocycles. The van der Waals surface area contributed by atoms with Crippen LogP contribution in [0.1, 0.15) is 17.4 Å². The van der Waals surface area contributed by atoms with Gasteiger partial charge in [-0.15, -0.1) is 0 Å². The van der Waals surface area contributed by atoms with Gasteiger partial charge in [-0.2, -0.15) is 0 Å². The molecule has 1 aromatic carbocycles. The molecule has 3 rings (SSSR count). The van der Waals surface area contributed by atoms with Gasteiger partial charge in [0.15, 0.2) is 17.8 Å². The average molecular weight is 299 g/mol. The SMILES string of the molecule is CC(=O)N1CCN(C(=O)c2ncoc2-c2ccccc2)CC1. The van der Waals surface area contributed by atoms with Crippen molar-refractivity contribution in [2.45, 2.75) is 6.92 Å². The molecule has 0 bridgehead atoms. The van der Waals surface area contributed by atoms with Gasteiger partial charge < -0.3 is 14.2 Å². The highest BCUT2D eigenvalue weighted by Gasteiger charge is 2.27. The zero-order chi connectivity index (χ0) is 15.5. The number of oxazole rings is 1. The van der Waals surface area contributed by atoms with Crippen LogP contribution < -0.4 is 0 Å². The molecule has 0 spiro atoms. The van der Waals surface area contributed by atoms with Crippen molar-refractivity contribution in [2.75, 3.05) is 26.2 Å². The topological polar surface area (TPSA) is 66.7 Å². The molecule has 1 fully saturated rings. The lowest BCUT2D eigenvalue weighted by Gasteiger charge is -2.33. The minimum absolute atomic E-state index is 0.0403. The Morgan fingerprint density at radius 3 is 2.32 bits per heavy atom. The summed E-state index contributed by atoms with van der Waals surface area (Å²) in [5.41, 5.74) is 1.15. The van der Waals surface area contributed by atoms with E-state index >= 15 is 0 Å². The maximum absolute atomic E-state index is 12.6. The van der Waals surface area contributed by atoms with E-state index in [2.05, 4.69) is 4.98 Å². The lowest BCUT2D eigenvalue weighted by Crippen LogP contribution is -2.50. The van der Waals surface area contributed by atoms with Gasteiger partial charge in [0, 0.05) is 38.7 Å². The molecule has 0 saturated carbocycles. The summed E-state index contributed by atoms with van der Waals surface area (Å²) < 4.78 is 5.40. The lowest BCUT2D eigenvalue weighted by atomic mass is 10.1. The van der Waals surface area contributed by atoms with Gasteiger partial charge in [0.05, 0.1) is 0 Å². The molecule has 1 aromatic heterocycles. The number of nitrogens with zero attached hydrogens (tertiary/aromatic N) is 3. The van der Waals surface area contributed by atoms with E-state index in [-0.39, 0.29) is 11.8 Å². The molecule has 22 heavy (non-hydrogen) atoms. The van der Waals surface area contributed by atoms with Crippen molar-refractivity contribution in [3.05, 3.63) is 42.4 Å². The molecule has 2 amide bonds. The first kappa shape index (κ1) is 14.3. The molecular weight excluding hydrogens is 282 g/mol. The zero-order valence-electron chi connectivity index (χ0n) is 12.4. The molecule has 6 nitrogen and oxygen atoms in total. The fraction of sp³-hybridized carbons (Fsp3) is 0.312. The number of carbonyl (C=O) groups is 2. The fourth-order valence-corrected chi connectivity index (χ4v) is 2.57. The third-order valence-corrected chi connectivity index (χ3v) is 3.82. The molecule has 6 heteroatoms. The summed E-state index contributed by atoms with van der Waals surface area (Å²) in [5.74, 6) is 0.369. The van der Waals surface area contributed by atoms with Crippen LogP contribution in [0.4, 0.5) is 0 Å². The standard InChI is InChI=1S/C16H17N3O3/c1-12(20)18-7-9-19(10-8-18)16(21)14-15(22-11-17-14)13-5-3-2-4-6-13/h2-6,11H,7-10H2,1H3. The van der Waals surface area contributed by atoms with E-state index < -0.39 is 0 Å². The first-order valence-electron chi connectivity index (χ1n) is 7.20. The van der Waals surface area contributed by atoms with Crippen molar-refractivity contribution in [1.29, 1.82) is 0 Å². The van der Waals surface area contributed by atoms with Gasteiger partial charge >= 0.3 is 0 Å². The van der Waals surface area contributed by atoms with Crippen LogP contribution in [0.15, 0.2) is 41.1 Å². The van der Waals surface area contributed by atoms with E-state index in [4.69, 9.17) is 4.42 Å². The highest BCUT2D eigenvalue weighted by Crippen LogP contribution is 2.24. The molecule has 2 aromatic rings. The van der Waals surface area contributed by atoms with Gasteiger partial charge in [-0.1, -0.05) is 30.3 Å². The van der Waals surface area contributed by atoms with Crippen LogP contribution in [-0.2, 0) is 4.79 Å². The van der Waals surface area contributed by atoms with Crippen LogP contribution in [0, 0.1) is 0 Å². The summed E-state index contributed by atoms with van der Waals surface area (Å²) >= 11 is 0. The Kier molecular flexibility index (Phi) is 3.91. The molecule has 0 unspecified atom stereocenters. The van der Waals surface area contributed by atoms with Crippen molar-refractivity contribution >= 4 is 11.8 Å². The van der Waals surface area contributed by atoms with E-state index in [0.29, 0.717) is 37.6 Å². The van der Waals surface area contributed by atoms with Crippen molar-refractivity contribution < 1.29 is 14.0 Å². The maximum atomic E-state index is 12.6. The van der Waals surface area contributed by atoms with Gasteiger partial charge in [0.2, 0.25) is 5.91 Å². The molecular formula is C16H17N3O3. The van der Waals surface area contributed by atoms with Crippen molar-refractivity contribution in [3.8, 4) is 11.3 Å². The minimum atomic E-state index is -0.157. The Hall–Kier alpha value is -2.63. The summed E-state index contributed by atoms with van der Waals surface area (Å²) in [4.78, 5) is 31.5. The van der Waals surface area contributed by atoms with E-state index in [1.54, 1.807) is 16.7 Å². The van der Waals surface area contributed by atoms with E-state index in [9.17, 15) is 9.59 Å². The van der Waals surface area contributed by atoms with Gasteiger partial charge in [0.25, 0.3) is 5.91 Å².